The van der Waals surface area contributed by atoms with Gasteiger partial charge in [0.05, 0.1) is 17.2 Å². The van der Waals surface area contributed by atoms with Crippen molar-refractivity contribution in [2.75, 3.05) is 18.5 Å². The van der Waals surface area contributed by atoms with Gasteiger partial charge in [0, 0.05) is 19.1 Å². The quantitative estimate of drug-likeness (QED) is 0.486. The fourth-order valence-electron chi connectivity index (χ4n) is 1.43. The molecule has 1 aromatic rings. The number of nitrogens with one attached hydrogen (secondary N) is 1. The number of halogens is 1. The number of esters is 1. The van der Waals surface area contributed by atoms with Crippen molar-refractivity contribution in [1.82, 2.24) is 0 Å². The first-order valence-electron chi connectivity index (χ1n) is 5.89. The number of rotatable bonds is 6. The number of nitrogens with zero attached hydrogens (tertiary/aromatic N) is 1. The van der Waals surface area contributed by atoms with E-state index in [9.17, 15) is 24.1 Å². The second kappa shape index (κ2) is 7.17. The molecule has 0 saturated carbocycles. The Bertz CT molecular complexity index is 575. The van der Waals surface area contributed by atoms with Gasteiger partial charge in [0.25, 0.3) is 0 Å². The van der Waals surface area contributed by atoms with E-state index in [1.807, 2.05) is 0 Å². The van der Waals surface area contributed by atoms with Crippen LogP contribution >= 0.6 is 0 Å². The molecular formula is C12H13FN2O6. The summed E-state index contributed by atoms with van der Waals surface area (Å²) >= 11 is 0. The van der Waals surface area contributed by atoms with E-state index in [1.165, 1.54) is 6.92 Å². The van der Waals surface area contributed by atoms with Crippen LogP contribution in [0.1, 0.15) is 13.8 Å². The van der Waals surface area contributed by atoms with E-state index < -0.39 is 34.9 Å². The lowest BCUT2D eigenvalue weighted by molar-refractivity contribution is -0.387. The Kier molecular flexibility index (Phi) is 5.58. The smallest absolute Gasteiger partial charge is 0.344 e. The molecule has 0 radical (unpaired) electrons. The van der Waals surface area contributed by atoms with Crippen molar-refractivity contribution >= 4 is 23.3 Å². The number of benzene rings is 1. The van der Waals surface area contributed by atoms with Crippen molar-refractivity contribution in [3.8, 4) is 5.75 Å². The molecule has 0 aliphatic rings. The number of anilines is 1. The van der Waals surface area contributed by atoms with Crippen molar-refractivity contribution in [2.24, 2.45) is 0 Å². The Hall–Kier alpha value is -2.71. The zero-order chi connectivity index (χ0) is 16.0. The predicted octanol–water partition coefficient (Wildman–Crippen LogP) is 1.63. The number of hydrogen-bond acceptors (Lipinski definition) is 6. The van der Waals surface area contributed by atoms with Crippen LogP contribution in [0, 0.1) is 15.9 Å². The van der Waals surface area contributed by atoms with Crippen LogP contribution in [0.5, 0.6) is 5.75 Å². The number of carbonyl (C=O) groups excluding carboxylic acids is 2. The van der Waals surface area contributed by atoms with Crippen molar-refractivity contribution in [3.05, 3.63) is 28.1 Å². The second-order valence-electron chi connectivity index (χ2n) is 3.83. The normalized spacial score (nSPS) is 9.86. The Morgan fingerprint density at radius 2 is 2.10 bits per heavy atom. The zero-order valence-corrected chi connectivity index (χ0v) is 11.3. The summed E-state index contributed by atoms with van der Waals surface area (Å²) in [5.41, 5.74) is -0.929. The molecule has 0 bridgehead atoms. The van der Waals surface area contributed by atoms with Crippen LogP contribution in [-0.4, -0.2) is 30.0 Å². The van der Waals surface area contributed by atoms with E-state index in [4.69, 9.17) is 4.74 Å². The fourth-order valence-corrected chi connectivity index (χ4v) is 1.43. The minimum absolute atomic E-state index is 0.111. The first kappa shape index (κ1) is 16.3. The van der Waals surface area contributed by atoms with Crippen LogP contribution in [0.3, 0.4) is 0 Å². The summed E-state index contributed by atoms with van der Waals surface area (Å²) in [4.78, 5) is 31.9. The number of amides is 1. The highest BCUT2D eigenvalue weighted by molar-refractivity contribution is 5.91. The maximum atomic E-state index is 13.5. The van der Waals surface area contributed by atoms with Gasteiger partial charge in [0.2, 0.25) is 11.7 Å². The molecule has 0 aromatic heterocycles. The molecule has 0 spiro atoms. The number of carbonyl (C=O) groups is 2. The minimum Gasteiger partial charge on any atom is -0.480 e. The summed E-state index contributed by atoms with van der Waals surface area (Å²) < 4.78 is 23.2. The number of nitro benzene ring substituents is 1. The number of nitro groups is 1. The Labute approximate surface area is 119 Å². The molecule has 0 saturated heterocycles. The zero-order valence-electron chi connectivity index (χ0n) is 11.3. The van der Waals surface area contributed by atoms with E-state index >= 15 is 0 Å². The molecule has 8 nitrogen and oxygen atoms in total. The second-order valence-corrected chi connectivity index (χ2v) is 3.83. The lowest BCUT2D eigenvalue weighted by atomic mass is 10.2. The van der Waals surface area contributed by atoms with Gasteiger partial charge in [-0.25, -0.2) is 4.79 Å². The highest BCUT2D eigenvalue weighted by Crippen LogP contribution is 2.32. The highest BCUT2D eigenvalue weighted by Gasteiger charge is 2.20. The van der Waals surface area contributed by atoms with Gasteiger partial charge >= 0.3 is 11.7 Å². The van der Waals surface area contributed by atoms with Gasteiger partial charge in [0.15, 0.2) is 6.61 Å². The van der Waals surface area contributed by atoms with Crippen molar-refractivity contribution in [1.29, 1.82) is 0 Å². The molecule has 114 valence electrons. The van der Waals surface area contributed by atoms with Gasteiger partial charge in [0.1, 0.15) is 5.75 Å². The maximum absolute atomic E-state index is 13.5. The molecule has 0 aliphatic carbocycles. The summed E-state index contributed by atoms with van der Waals surface area (Å²) in [6, 6.07) is 1.54. The third kappa shape index (κ3) is 4.71. The summed E-state index contributed by atoms with van der Waals surface area (Å²) in [6.07, 6.45) is 0. The van der Waals surface area contributed by atoms with Crippen molar-refractivity contribution in [3.63, 3.8) is 0 Å². The molecule has 1 aromatic carbocycles. The van der Waals surface area contributed by atoms with Crippen LogP contribution in [0.4, 0.5) is 15.8 Å². The predicted molar refractivity (Wildman–Crippen MR) is 69.5 cm³/mol. The summed E-state index contributed by atoms with van der Waals surface area (Å²) in [6.45, 7) is 2.41. The van der Waals surface area contributed by atoms with Gasteiger partial charge in [-0.2, -0.15) is 4.39 Å². The Balaban J connectivity index is 3.05. The maximum Gasteiger partial charge on any atom is 0.344 e. The topological polar surface area (TPSA) is 108 Å². The van der Waals surface area contributed by atoms with Crippen LogP contribution in [-0.2, 0) is 14.3 Å². The largest absolute Gasteiger partial charge is 0.480 e. The summed E-state index contributed by atoms with van der Waals surface area (Å²) in [5.74, 6) is -2.57. The monoisotopic (exact) mass is 300 g/mol. The molecule has 1 N–H and O–H groups in total. The average Bonchev–Trinajstić information content (AvgIpc) is 2.38. The first-order valence-corrected chi connectivity index (χ1v) is 5.89. The van der Waals surface area contributed by atoms with E-state index in [1.54, 1.807) is 6.92 Å². The van der Waals surface area contributed by atoms with Crippen LogP contribution < -0.4 is 10.1 Å². The van der Waals surface area contributed by atoms with Gasteiger partial charge < -0.3 is 14.8 Å². The molecule has 9 heteroatoms. The standard InChI is InChI=1S/C12H13FN2O6/c1-3-20-12(17)6-21-11-4-8(13)10(15(18)19)5-9(11)14-7(2)16/h4-5H,3,6H2,1-2H3,(H,14,16). The van der Waals surface area contributed by atoms with Crippen molar-refractivity contribution < 1.29 is 28.4 Å². The fraction of sp³-hybridized carbons (Fsp3) is 0.333. The Morgan fingerprint density at radius 3 is 2.62 bits per heavy atom. The lowest BCUT2D eigenvalue weighted by Crippen LogP contribution is -2.16. The minimum atomic E-state index is -1.15. The third-order valence-corrected chi connectivity index (χ3v) is 2.21. The van der Waals surface area contributed by atoms with Crippen LogP contribution in [0.2, 0.25) is 0 Å². The molecule has 1 rings (SSSR count). The molecule has 0 aliphatic heterocycles. The number of ether oxygens (including phenoxy) is 2. The summed E-state index contributed by atoms with van der Waals surface area (Å²) in [5, 5.41) is 12.9. The van der Waals surface area contributed by atoms with Gasteiger partial charge in [-0.1, -0.05) is 0 Å². The van der Waals surface area contributed by atoms with E-state index in [0.717, 1.165) is 12.1 Å². The Morgan fingerprint density at radius 1 is 1.43 bits per heavy atom. The molecule has 21 heavy (non-hydrogen) atoms. The van der Waals surface area contributed by atoms with Gasteiger partial charge in [-0.05, 0) is 6.92 Å². The molecule has 1 amide bonds. The molecule has 0 fully saturated rings. The molecule has 0 unspecified atom stereocenters. The van der Waals surface area contributed by atoms with E-state index in [2.05, 4.69) is 10.1 Å². The lowest BCUT2D eigenvalue weighted by Gasteiger charge is -2.11. The average molecular weight is 300 g/mol. The van der Waals surface area contributed by atoms with Crippen molar-refractivity contribution in [2.45, 2.75) is 13.8 Å². The highest BCUT2D eigenvalue weighted by atomic mass is 19.1. The molecule has 0 atom stereocenters. The SMILES string of the molecule is CCOC(=O)COc1cc(F)c([N+](=O)[O-])cc1NC(C)=O. The van der Waals surface area contributed by atoms with Crippen LogP contribution in [0.15, 0.2) is 12.1 Å². The third-order valence-electron chi connectivity index (χ3n) is 2.21. The van der Waals surface area contributed by atoms with E-state index in [-0.39, 0.29) is 18.0 Å². The van der Waals surface area contributed by atoms with Gasteiger partial charge in [-0.15, -0.1) is 0 Å². The summed E-state index contributed by atoms with van der Waals surface area (Å²) in [7, 11) is 0. The number of hydrogen-bond donors (Lipinski definition) is 1. The molecular weight excluding hydrogens is 287 g/mol. The van der Waals surface area contributed by atoms with Crippen LogP contribution in [0.25, 0.3) is 0 Å². The van der Waals surface area contributed by atoms with E-state index in [0.29, 0.717) is 0 Å². The first-order chi connectivity index (χ1) is 9.85. The van der Waals surface area contributed by atoms with Gasteiger partial charge in [-0.3, -0.25) is 14.9 Å². The molecule has 0 heterocycles.